The number of Topliss-reactive ketones (excluding diaryl/α,β-unsaturated/α-hetero) is 1. The lowest BCUT2D eigenvalue weighted by molar-refractivity contribution is 0.0991. The molecule has 15 heavy (non-hydrogen) atoms. The molecule has 2 rings (SSSR count). The second-order valence-corrected chi connectivity index (χ2v) is 3.51. The lowest BCUT2D eigenvalue weighted by Gasteiger charge is -1.95. The Morgan fingerprint density at radius 1 is 1.60 bits per heavy atom. The van der Waals surface area contributed by atoms with Crippen molar-refractivity contribution < 1.29 is 9.21 Å². The van der Waals surface area contributed by atoms with Gasteiger partial charge in [-0.2, -0.15) is 5.10 Å². The summed E-state index contributed by atoms with van der Waals surface area (Å²) in [7, 11) is 1.83. The minimum Gasteiger partial charge on any atom is -0.469 e. The summed E-state index contributed by atoms with van der Waals surface area (Å²) in [6, 6.07) is 1.70. The van der Waals surface area contributed by atoms with Crippen LogP contribution in [0.2, 0.25) is 0 Å². The lowest BCUT2D eigenvalue weighted by Crippen LogP contribution is -2.02. The van der Waals surface area contributed by atoms with Crippen LogP contribution in [0, 0.1) is 6.92 Å². The molecule has 0 amide bonds. The van der Waals surface area contributed by atoms with Gasteiger partial charge in [-0.05, 0) is 18.6 Å². The van der Waals surface area contributed by atoms with Crippen molar-refractivity contribution in [1.29, 1.82) is 0 Å². The Balaban J connectivity index is 2.14. The molecule has 0 fully saturated rings. The third-order valence-electron chi connectivity index (χ3n) is 2.28. The zero-order valence-corrected chi connectivity index (χ0v) is 8.73. The second-order valence-electron chi connectivity index (χ2n) is 3.51. The number of carbonyl (C=O) groups excluding carboxylic acids is 1. The van der Waals surface area contributed by atoms with E-state index in [0.29, 0.717) is 17.7 Å². The van der Waals surface area contributed by atoms with Gasteiger partial charge in [0.2, 0.25) is 0 Å². The third kappa shape index (κ3) is 1.98. The van der Waals surface area contributed by atoms with Crippen LogP contribution in [-0.2, 0) is 13.5 Å². The van der Waals surface area contributed by atoms with Crippen molar-refractivity contribution in [3.05, 3.63) is 41.6 Å². The molecule has 0 aliphatic rings. The highest BCUT2D eigenvalue weighted by atomic mass is 16.3. The minimum atomic E-state index is 0.0641. The van der Waals surface area contributed by atoms with Crippen LogP contribution < -0.4 is 0 Å². The molecule has 2 aromatic heterocycles. The molecule has 4 nitrogen and oxygen atoms in total. The molecule has 0 spiro atoms. The van der Waals surface area contributed by atoms with Crippen LogP contribution in [0.3, 0.4) is 0 Å². The third-order valence-corrected chi connectivity index (χ3v) is 2.28. The zero-order valence-electron chi connectivity index (χ0n) is 8.73. The summed E-state index contributed by atoms with van der Waals surface area (Å²) in [5, 5.41) is 4.01. The number of aryl methyl sites for hydroxylation is 2. The predicted octanol–water partition coefficient (Wildman–Crippen LogP) is 1.75. The molecular weight excluding hydrogens is 192 g/mol. The molecule has 0 saturated carbocycles. The lowest BCUT2D eigenvalue weighted by atomic mass is 10.1. The number of ketones is 1. The van der Waals surface area contributed by atoms with E-state index in [1.807, 2.05) is 13.2 Å². The summed E-state index contributed by atoms with van der Waals surface area (Å²) in [6.07, 6.45) is 5.45. The fraction of sp³-hybridized carbons (Fsp3) is 0.273. The normalized spacial score (nSPS) is 10.5. The minimum absolute atomic E-state index is 0.0641. The SMILES string of the molecule is Cc1occc1C(=O)Cc1cnn(C)c1. The smallest absolute Gasteiger partial charge is 0.170 e. The first-order chi connectivity index (χ1) is 7.16. The first kappa shape index (κ1) is 9.71. The largest absolute Gasteiger partial charge is 0.469 e. The molecule has 0 aliphatic heterocycles. The maximum absolute atomic E-state index is 11.8. The quantitative estimate of drug-likeness (QED) is 0.715. The molecule has 0 radical (unpaired) electrons. The van der Waals surface area contributed by atoms with Gasteiger partial charge in [0, 0.05) is 19.7 Å². The van der Waals surface area contributed by atoms with Gasteiger partial charge in [0.05, 0.1) is 18.0 Å². The van der Waals surface area contributed by atoms with Gasteiger partial charge in [0.25, 0.3) is 0 Å². The van der Waals surface area contributed by atoms with Crippen LogP contribution in [0.15, 0.2) is 29.1 Å². The fourth-order valence-electron chi connectivity index (χ4n) is 1.52. The van der Waals surface area contributed by atoms with Crippen LogP contribution in [0.1, 0.15) is 21.7 Å². The Labute approximate surface area is 87.5 Å². The monoisotopic (exact) mass is 204 g/mol. The predicted molar refractivity (Wildman–Crippen MR) is 54.7 cm³/mol. The number of carbonyl (C=O) groups is 1. The van der Waals surface area contributed by atoms with Gasteiger partial charge in [0.1, 0.15) is 5.76 Å². The molecule has 78 valence electrons. The first-order valence-corrected chi connectivity index (χ1v) is 4.71. The van der Waals surface area contributed by atoms with Crippen molar-refractivity contribution in [2.24, 2.45) is 7.05 Å². The van der Waals surface area contributed by atoms with E-state index in [2.05, 4.69) is 5.10 Å². The van der Waals surface area contributed by atoms with Gasteiger partial charge >= 0.3 is 0 Å². The molecular formula is C11H12N2O2. The highest BCUT2D eigenvalue weighted by molar-refractivity contribution is 5.98. The summed E-state index contributed by atoms with van der Waals surface area (Å²) in [5.41, 5.74) is 1.57. The maximum Gasteiger partial charge on any atom is 0.170 e. The standard InChI is InChI=1S/C11H12N2O2/c1-8-10(3-4-15-8)11(14)5-9-6-12-13(2)7-9/h3-4,6-7H,5H2,1-2H3. The maximum atomic E-state index is 11.8. The molecule has 0 aliphatic carbocycles. The number of aromatic nitrogens is 2. The van der Waals surface area contributed by atoms with Crippen molar-refractivity contribution in [3.63, 3.8) is 0 Å². The van der Waals surface area contributed by atoms with Gasteiger partial charge < -0.3 is 4.42 Å². The molecule has 0 aromatic carbocycles. The Bertz CT molecular complexity index is 482. The van der Waals surface area contributed by atoms with E-state index >= 15 is 0 Å². The molecule has 0 N–H and O–H groups in total. The number of nitrogens with zero attached hydrogens (tertiary/aromatic N) is 2. The van der Waals surface area contributed by atoms with Crippen molar-refractivity contribution in [1.82, 2.24) is 9.78 Å². The molecule has 0 atom stereocenters. The highest BCUT2D eigenvalue weighted by Crippen LogP contribution is 2.12. The molecule has 4 heteroatoms. The number of furan rings is 1. The first-order valence-electron chi connectivity index (χ1n) is 4.71. The Morgan fingerprint density at radius 2 is 2.40 bits per heavy atom. The highest BCUT2D eigenvalue weighted by Gasteiger charge is 2.12. The summed E-state index contributed by atoms with van der Waals surface area (Å²) in [5.74, 6) is 0.734. The van der Waals surface area contributed by atoms with Gasteiger partial charge in [-0.25, -0.2) is 0 Å². The fourth-order valence-corrected chi connectivity index (χ4v) is 1.52. The summed E-state index contributed by atoms with van der Waals surface area (Å²) < 4.78 is 6.77. The van der Waals surface area contributed by atoms with Crippen molar-refractivity contribution in [2.75, 3.05) is 0 Å². The van der Waals surface area contributed by atoms with Crippen LogP contribution in [-0.4, -0.2) is 15.6 Å². The van der Waals surface area contributed by atoms with Crippen LogP contribution in [0.25, 0.3) is 0 Å². The van der Waals surface area contributed by atoms with E-state index in [-0.39, 0.29) is 5.78 Å². The Kier molecular flexibility index (Phi) is 2.41. The van der Waals surface area contributed by atoms with E-state index in [1.165, 1.54) is 6.26 Å². The zero-order chi connectivity index (χ0) is 10.8. The van der Waals surface area contributed by atoms with E-state index < -0.39 is 0 Å². The summed E-state index contributed by atoms with van der Waals surface area (Å²) >= 11 is 0. The average molecular weight is 204 g/mol. The van der Waals surface area contributed by atoms with Crippen molar-refractivity contribution >= 4 is 5.78 Å². The average Bonchev–Trinajstić information content (AvgIpc) is 2.75. The second kappa shape index (κ2) is 3.73. The van der Waals surface area contributed by atoms with Crippen molar-refractivity contribution in [3.8, 4) is 0 Å². The van der Waals surface area contributed by atoms with Crippen LogP contribution >= 0.6 is 0 Å². The number of hydrogen-bond acceptors (Lipinski definition) is 3. The van der Waals surface area contributed by atoms with E-state index in [1.54, 1.807) is 23.9 Å². The van der Waals surface area contributed by atoms with Crippen LogP contribution in [0.4, 0.5) is 0 Å². The van der Waals surface area contributed by atoms with Gasteiger partial charge in [-0.1, -0.05) is 0 Å². The van der Waals surface area contributed by atoms with E-state index in [9.17, 15) is 4.79 Å². The molecule has 0 unspecified atom stereocenters. The molecule has 2 heterocycles. The molecule has 0 bridgehead atoms. The summed E-state index contributed by atoms with van der Waals surface area (Å²) in [6.45, 7) is 1.79. The van der Waals surface area contributed by atoms with Crippen molar-refractivity contribution in [2.45, 2.75) is 13.3 Å². The molecule has 0 saturated heterocycles. The van der Waals surface area contributed by atoms with E-state index in [0.717, 1.165) is 5.56 Å². The Morgan fingerprint density at radius 3 is 2.93 bits per heavy atom. The Hall–Kier alpha value is -1.84. The van der Waals surface area contributed by atoms with Crippen LogP contribution in [0.5, 0.6) is 0 Å². The number of hydrogen-bond donors (Lipinski definition) is 0. The van der Waals surface area contributed by atoms with Gasteiger partial charge in [-0.3, -0.25) is 9.48 Å². The number of rotatable bonds is 3. The van der Waals surface area contributed by atoms with Gasteiger partial charge in [-0.15, -0.1) is 0 Å². The topological polar surface area (TPSA) is 48.0 Å². The molecule has 2 aromatic rings. The van der Waals surface area contributed by atoms with E-state index in [4.69, 9.17) is 4.42 Å². The van der Waals surface area contributed by atoms with Gasteiger partial charge in [0.15, 0.2) is 5.78 Å². The summed E-state index contributed by atoms with van der Waals surface area (Å²) in [4.78, 5) is 11.8.